The highest BCUT2D eigenvalue weighted by molar-refractivity contribution is 6.04. The van der Waals surface area contributed by atoms with Crippen molar-refractivity contribution >= 4 is 23.3 Å². The molecule has 9 heteroatoms. The smallest absolute Gasteiger partial charge is 0.253 e. The number of fused-ring (bicyclic) bond motifs is 1. The van der Waals surface area contributed by atoms with E-state index in [0.29, 0.717) is 36.0 Å². The van der Waals surface area contributed by atoms with Gasteiger partial charge < -0.3 is 25.0 Å². The van der Waals surface area contributed by atoms with Crippen molar-refractivity contribution in [3.63, 3.8) is 0 Å². The van der Waals surface area contributed by atoms with Crippen molar-refractivity contribution in [1.82, 2.24) is 10.3 Å². The van der Waals surface area contributed by atoms with Crippen LogP contribution in [-0.4, -0.2) is 55.8 Å². The third-order valence-electron chi connectivity index (χ3n) is 5.01. The van der Waals surface area contributed by atoms with Crippen molar-refractivity contribution in [2.75, 3.05) is 43.1 Å². The number of hydrogen-bond donors (Lipinski definition) is 2. The van der Waals surface area contributed by atoms with E-state index in [4.69, 9.17) is 9.47 Å². The summed E-state index contributed by atoms with van der Waals surface area (Å²) < 4.78 is 24.0. The first-order valence-electron chi connectivity index (χ1n) is 9.92. The Bertz CT molecular complexity index is 916. The maximum atomic E-state index is 12.9. The molecule has 1 aromatic carbocycles. The Balaban J connectivity index is 1.37. The Morgan fingerprint density at radius 2 is 2.20 bits per heavy atom. The van der Waals surface area contributed by atoms with Crippen LogP contribution in [0.1, 0.15) is 23.2 Å². The van der Waals surface area contributed by atoms with Gasteiger partial charge in [-0.1, -0.05) is 0 Å². The van der Waals surface area contributed by atoms with Crippen LogP contribution < -0.4 is 20.3 Å². The van der Waals surface area contributed by atoms with Gasteiger partial charge in [-0.25, -0.2) is 9.37 Å². The van der Waals surface area contributed by atoms with Gasteiger partial charge in [-0.05, 0) is 43.2 Å². The molecule has 0 bridgehead atoms. The topological polar surface area (TPSA) is 92.8 Å². The van der Waals surface area contributed by atoms with Crippen molar-refractivity contribution in [1.29, 1.82) is 0 Å². The number of aromatic nitrogens is 1. The van der Waals surface area contributed by atoms with Gasteiger partial charge in [0, 0.05) is 12.8 Å². The van der Waals surface area contributed by atoms with Gasteiger partial charge in [-0.2, -0.15) is 0 Å². The number of carbonyl (C=O) groups excluding carboxylic acids is 2. The van der Waals surface area contributed by atoms with Gasteiger partial charge in [0.2, 0.25) is 5.91 Å². The highest BCUT2D eigenvalue weighted by atomic mass is 19.1. The number of pyridine rings is 1. The summed E-state index contributed by atoms with van der Waals surface area (Å²) >= 11 is 0. The average Bonchev–Trinajstić information content (AvgIpc) is 3.27. The summed E-state index contributed by atoms with van der Waals surface area (Å²) in [6.45, 7) is 1.83. The molecule has 1 atom stereocenters. The van der Waals surface area contributed by atoms with Crippen LogP contribution in [0.15, 0.2) is 36.5 Å². The van der Waals surface area contributed by atoms with Gasteiger partial charge >= 0.3 is 0 Å². The third kappa shape index (κ3) is 4.68. The molecule has 2 aliphatic rings. The zero-order valence-corrected chi connectivity index (χ0v) is 16.4. The van der Waals surface area contributed by atoms with Gasteiger partial charge in [-0.15, -0.1) is 0 Å². The van der Waals surface area contributed by atoms with Crippen LogP contribution in [0.25, 0.3) is 0 Å². The lowest BCUT2D eigenvalue weighted by Gasteiger charge is -2.31. The van der Waals surface area contributed by atoms with Crippen molar-refractivity contribution in [2.45, 2.75) is 18.9 Å². The number of hydrogen-bond acceptors (Lipinski definition) is 6. The van der Waals surface area contributed by atoms with E-state index in [9.17, 15) is 14.0 Å². The van der Waals surface area contributed by atoms with Crippen LogP contribution >= 0.6 is 0 Å². The van der Waals surface area contributed by atoms with Crippen molar-refractivity contribution in [3.8, 4) is 5.75 Å². The SMILES string of the molecule is O=C(NCCOc1ccc(F)cc1)c1cnc2c(c1)N(CC1CCCO1)C(=O)CN2. The highest BCUT2D eigenvalue weighted by Crippen LogP contribution is 2.29. The zero-order valence-electron chi connectivity index (χ0n) is 16.4. The number of anilines is 2. The number of nitrogens with zero attached hydrogens (tertiary/aromatic N) is 2. The van der Waals surface area contributed by atoms with Gasteiger partial charge in [0.1, 0.15) is 24.0 Å². The molecular weight excluding hydrogens is 391 g/mol. The monoisotopic (exact) mass is 414 g/mol. The summed E-state index contributed by atoms with van der Waals surface area (Å²) in [6.07, 6.45) is 3.37. The fraction of sp³-hybridized carbons (Fsp3) is 0.381. The Morgan fingerprint density at radius 1 is 1.37 bits per heavy atom. The molecule has 3 heterocycles. The normalized spacial score (nSPS) is 18.0. The highest BCUT2D eigenvalue weighted by Gasteiger charge is 2.29. The zero-order chi connectivity index (χ0) is 20.9. The maximum Gasteiger partial charge on any atom is 0.253 e. The van der Waals surface area contributed by atoms with Crippen LogP contribution in [0.3, 0.4) is 0 Å². The summed E-state index contributed by atoms with van der Waals surface area (Å²) in [6, 6.07) is 7.33. The fourth-order valence-electron chi connectivity index (χ4n) is 3.47. The summed E-state index contributed by atoms with van der Waals surface area (Å²) in [7, 11) is 0. The molecule has 0 radical (unpaired) electrons. The van der Waals surface area contributed by atoms with E-state index < -0.39 is 0 Å². The molecule has 1 aromatic heterocycles. The largest absolute Gasteiger partial charge is 0.492 e. The van der Waals surface area contributed by atoms with Gasteiger partial charge in [0.25, 0.3) is 5.91 Å². The van der Waals surface area contributed by atoms with Crippen molar-refractivity contribution in [2.24, 2.45) is 0 Å². The summed E-state index contributed by atoms with van der Waals surface area (Å²) in [4.78, 5) is 30.9. The lowest BCUT2D eigenvalue weighted by molar-refractivity contribution is -0.117. The second-order valence-electron chi connectivity index (χ2n) is 7.14. The number of rotatable bonds is 7. The maximum absolute atomic E-state index is 12.9. The van der Waals surface area contributed by atoms with E-state index in [0.717, 1.165) is 12.8 Å². The molecule has 4 rings (SSSR count). The van der Waals surface area contributed by atoms with E-state index in [2.05, 4.69) is 15.6 Å². The molecule has 2 N–H and O–H groups in total. The Hall–Kier alpha value is -3.20. The quantitative estimate of drug-likeness (QED) is 0.673. The number of benzene rings is 1. The fourth-order valence-corrected chi connectivity index (χ4v) is 3.47. The number of carbonyl (C=O) groups is 2. The van der Waals surface area contributed by atoms with E-state index in [1.54, 1.807) is 11.0 Å². The molecule has 1 saturated heterocycles. The second-order valence-corrected chi connectivity index (χ2v) is 7.14. The minimum Gasteiger partial charge on any atom is -0.492 e. The molecule has 2 aromatic rings. The standard InChI is InChI=1S/C21H23FN4O4/c22-15-3-5-16(6-4-15)30-9-7-23-21(28)14-10-18-20(24-11-14)25-12-19(27)26(18)13-17-2-1-8-29-17/h3-6,10-11,17H,1-2,7-9,12-13H2,(H,23,28)(H,24,25). The molecule has 30 heavy (non-hydrogen) atoms. The van der Waals surface area contributed by atoms with Crippen molar-refractivity contribution < 1.29 is 23.5 Å². The predicted molar refractivity (Wildman–Crippen MR) is 108 cm³/mol. The van der Waals surface area contributed by atoms with Crippen LogP contribution in [0.5, 0.6) is 5.75 Å². The van der Waals surface area contributed by atoms with Gasteiger partial charge in [-0.3, -0.25) is 9.59 Å². The van der Waals surface area contributed by atoms with E-state index >= 15 is 0 Å². The first-order chi connectivity index (χ1) is 14.6. The number of nitrogens with one attached hydrogen (secondary N) is 2. The molecule has 0 spiro atoms. The van der Waals surface area contributed by atoms with E-state index in [1.165, 1.54) is 30.5 Å². The lowest BCUT2D eigenvalue weighted by Crippen LogP contribution is -2.44. The van der Waals surface area contributed by atoms with Crippen LogP contribution in [0, 0.1) is 5.82 Å². The molecule has 2 aliphatic heterocycles. The van der Waals surface area contributed by atoms with Gasteiger partial charge in [0.15, 0.2) is 0 Å². The molecule has 158 valence electrons. The minimum atomic E-state index is -0.336. The predicted octanol–water partition coefficient (Wildman–Crippen LogP) is 1.97. The Labute approximate surface area is 173 Å². The molecule has 2 amide bonds. The lowest BCUT2D eigenvalue weighted by atomic mass is 10.1. The number of ether oxygens (including phenoxy) is 2. The summed E-state index contributed by atoms with van der Waals surface area (Å²) in [5.41, 5.74) is 0.932. The first kappa shape index (κ1) is 20.1. The van der Waals surface area contributed by atoms with Crippen molar-refractivity contribution in [3.05, 3.63) is 47.9 Å². The molecule has 1 fully saturated rings. The number of amides is 2. The van der Waals surface area contributed by atoms with Gasteiger partial charge in [0.05, 0.1) is 37.0 Å². The van der Waals surface area contributed by atoms with Crippen LogP contribution in [-0.2, 0) is 9.53 Å². The molecule has 0 saturated carbocycles. The van der Waals surface area contributed by atoms with E-state index in [1.807, 2.05) is 0 Å². The Morgan fingerprint density at radius 3 is 2.97 bits per heavy atom. The van der Waals surface area contributed by atoms with Crippen LogP contribution in [0.4, 0.5) is 15.9 Å². The molecular formula is C21H23FN4O4. The van der Waals surface area contributed by atoms with Crippen LogP contribution in [0.2, 0.25) is 0 Å². The molecule has 8 nitrogen and oxygen atoms in total. The first-order valence-corrected chi connectivity index (χ1v) is 9.92. The third-order valence-corrected chi connectivity index (χ3v) is 5.01. The number of halogens is 1. The average molecular weight is 414 g/mol. The van der Waals surface area contributed by atoms with E-state index in [-0.39, 0.29) is 43.4 Å². The second kappa shape index (κ2) is 9.08. The molecule has 1 unspecified atom stereocenters. The Kier molecular flexibility index (Phi) is 6.08. The summed E-state index contributed by atoms with van der Waals surface area (Å²) in [5, 5.41) is 5.75. The molecule has 0 aliphatic carbocycles. The minimum absolute atomic E-state index is 0.000919. The summed E-state index contributed by atoms with van der Waals surface area (Å²) in [5.74, 6) is 0.365.